The van der Waals surface area contributed by atoms with Crippen LogP contribution in [0.15, 0.2) is 18.2 Å². The van der Waals surface area contributed by atoms with Gasteiger partial charge in [-0.3, -0.25) is 9.69 Å². The molecule has 0 aliphatic heterocycles. The maximum Gasteiger partial charge on any atom is 0.471 e. The molecular weight excluding hydrogens is 311 g/mol. The lowest BCUT2D eigenvalue weighted by Crippen LogP contribution is -2.46. The summed E-state index contributed by atoms with van der Waals surface area (Å²) in [6.07, 6.45) is -5.89. The molecular formula is C16H22F3NO3. The molecule has 0 saturated carbocycles. The van der Waals surface area contributed by atoms with Crippen LogP contribution < -0.4 is 4.90 Å². The Morgan fingerprint density at radius 3 is 1.96 bits per heavy atom. The van der Waals surface area contributed by atoms with Crippen molar-refractivity contribution < 1.29 is 27.4 Å². The second-order valence-electron chi connectivity index (χ2n) is 5.10. The molecule has 0 spiro atoms. The fourth-order valence-corrected chi connectivity index (χ4v) is 2.24. The summed E-state index contributed by atoms with van der Waals surface area (Å²) in [7, 11) is 0. The summed E-state index contributed by atoms with van der Waals surface area (Å²) < 4.78 is 49.4. The van der Waals surface area contributed by atoms with Gasteiger partial charge in [-0.2, -0.15) is 13.2 Å². The first-order valence-corrected chi connectivity index (χ1v) is 7.39. The number of benzene rings is 1. The van der Waals surface area contributed by atoms with E-state index in [1.165, 1.54) is 12.1 Å². The molecule has 1 amide bonds. The predicted octanol–water partition coefficient (Wildman–Crippen LogP) is 3.60. The van der Waals surface area contributed by atoms with Gasteiger partial charge in [0.2, 0.25) is 0 Å². The second-order valence-corrected chi connectivity index (χ2v) is 5.10. The van der Waals surface area contributed by atoms with Crippen molar-refractivity contribution in [3.63, 3.8) is 0 Å². The Morgan fingerprint density at radius 1 is 1.09 bits per heavy atom. The van der Waals surface area contributed by atoms with Crippen molar-refractivity contribution in [3.8, 4) is 0 Å². The molecule has 23 heavy (non-hydrogen) atoms. The quantitative estimate of drug-likeness (QED) is 0.716. The van der Waals surface area contributed by atoms with Crippen molar-refractivity contribution in [3.05, 3.63) is 29.3 Å². The number of carbonyl (C=O) groups is 1. The SMILES string of the molecule is CCOC(CN(C(=O)C(F)(F)F)c1cc(C)cc(C)c1)OCC. The molecule has 0 bridgehead atoms. The highest BCUT2D eigenvalue weighted by atomic mass is 19.4. The first-order chi connectivity index (χ1) is 10.7. The van der Waals surface area contributed by atoms with E-state index in [0.29, 0.717) is 4.90 Å². The number of aryl methyl sites for hydroxylation is 2. The third kappa shape index (κ3) is 5.84. The van der Waals surface area contributed by atoms with E-state index >= 15 is 0 Å². The predicted molar refractivity (Wildman–Crippen MR) is 81.4 cm³/mol. The van der Waals surface area contributed by atoms with Gasteiger partial charge < -0.3 is 9.47 Å². The smallest absolute Gasteiger partial charge is 0.351 e. The van der Waals surface area contributed by atoms with Crippen LogP contribution in [0.2, 0.25) is 0 Å². The van der Waals surface area contributed by atoms with Crippen LogP contribution in [0.1, 0.15) is 25.0 Å². The second kappa shape index (κ2) is 8.31. The fraction of sp³-hybridized carbons (Fsp3) is 0.562. The summed E-state index contributed by atoms with van der Waals surface area (Å²) in [5.74, 6) is -1.94. The van der Waals surface area contributed by atoms with E-state index < -0.39 is 18.4 Å². The minimum Gasteiger partial charge on any atom is -0.351 e. The molecule has 0 radical (unpaired) electrons. The van der Waals surface area contributed by atoms with E-state index in [-0.39, 0.29) is 25.4 Å². The molecule has 0 N–H and O–H groups in total. The fourth-order valence-electron chi connectivity index (χ4n) is 2.24. The Bertz CT molecular complexity index is 506. The Kier molecular flexibility index (Phi) is 7.02. The topological polar surface area (TPSA) is 38.8 Å². The normalized spacial score (nSPS) is 11.8. The highest BCUT2D eigenvalue weighted by Crippen LogP contribution is 2.26. The zero-order valence-electron chi connectivity index (χ0n) is 13.7. The summed E-state index contributed by atoms with van der Waals surface area (Å²) >= 11 is 0. The van der Waals surface area contributed by atoms with E-state index in [1.807, 2.05) is 6.07 Å². The van der Waals surface area contributed by atoms with Gasteiger partial charge in [0.05, 0.1) is 6.54 Å². The zero-order valence-corrected chi connectivity index (χ0v) is 13.7. The molecule has 1 aromatic rings. The summed E-state index contributed by atoms with van der Waals surface area (Å²) in [6, 6.07) is 4.89. The molecule has 0 fully saturated rings. The van der Waals surface area contributed by atoms with Crippen LogP contribution in [0.25, 0.3) is 0 Å². The van der Waals surface area contributed by atoms with Crippen LogP contribution in [-0.4, -0.2) is 38.1 Å². The maximum atomic E-state index is 12.9. The van der Waals surface area contributed by atoms with Crippen molar-refractivity contribution in [2.45, 2.75) is 40.2 Å². The van der Waals surface area contributed by atoms with Gasteiger partial charge in [-0.25, -0.2) is 0 Å². The van der Waals surface area contributed by atoms with Crippen LogP contribution in [0, 0.1) is 13.8 Å². The third-order valence-corrected chi connectivity index (χ3v) is 3.04. The van der Waals surface area contributed by atoms with Gasteiger partial charge in [-0.05, 0) is 51.0 Å². The molecule has 0 atom stereocenters. The van der Waals surface area contributed by atoms with Crippen molar-refractivity contribution in [2.75, 3.05) is 24.7 Å². The molecule has 0 heterocycles. The van der Waals surface area contributed by atoms with Crippen molar-refractivity contribution >= 4 is 11.6 Å². The number of halogens is 3. The molecule has 1 rings (SSSR count). The number of rotatable bonds is 7. The van der Waals surface area contributed by atoms with Gasteiger partial charge in [-0.15, -0.1) is 0 Å². The molecule has 1 aromatic carbocycles. The summed E-state index contributed by atoms with van der Waals surface area (Å²) in [5, 5.41) is 0. The minimum atomic E-state index is -4.97. The Hall–Kier alpha value is -1.60. The van der Waals surface area contributed by atoms with E-state index in [9.17, 15) is 18.0 Å². The van der Waals surface area contributed by atoms with Crippen molar-refractivity contribution in [1.29, 1.82) is 0 Å². The minimum absolute atomic E-state index is 0.175. The monoisotopic (exact) mass is 333 g/mol. The number of anilines is 1. The van der Waals surface area contributed by atoms with Crippen LogP contribution in [0.3, 0.4) is 0 Å². The average Bonchev–Trinajstić information content (AvgIpc) is 2.42. The van der Waals surface area contributed by atoms with Gasteiger partial charge >= 0.3 is 12.1 Å². The van der Waals surface area contributed by atoms with E-state index in [4.69, 9.17) is 9.47 Å². The van der Waals surface area contributed by atoms with Crippen LogP contribution in [0.5, 0.6) is 0 Å². The lowest BCUT2D eigenvalue weighted by Gasteiger charge is -2.28. The van der Waals surface area contributed by atoms with Crippen molar-refractivity contribution in [2.24, 2.45) is 0 Å². The molecule has 0 aliphatic rings. The molecule has 7 heteroatoms. The highest BCUT2D eigenvalue weighted by Gasteiger charge is 2.43. The number of alkyl halides is 3. The average molecular weight is 333 g/mol. The van der Waals surface area contributed by atoms with Gasteiger partial charge in [0, 0.05) is 18.9 Å². The Morgan fingerprint density at radius 2 is 1.57 bits per heavy atom. The largest absolute Gasteiger partial charge is 0.471 e. The lowest BCUT2D eigenvalue weighted by atomic mass is 10.1. The first kappa shape index (κ1) is 19.4. The summed E-state index contributed by atoms with van der Waals surface area (Å²) in [6.45, 7) is 7.14. The maximum absolute atomic E-state index is 12.9. The molecule has 4 nitrogen and oxygen atoms in total. The highest BCUT2D eigenvalue weighted by molar-refractivity contribution is 5.97. The van der Waals surface area contributed by atoms with E-state index in [2.05, 4.69) is 0 Å². The first-order valence-electron chi connectivity index (χ1n) is 7.39. The number of amides is 1. The Balaban J connectivity index is 3.18. The molecule has 0 aromatic heterocycles. The van der Waals surface area contributed by atoms with Crippen LogP contribution in [0.4, 0.5) is 18.9 Å². The molecule has 0 aliphatic carbocycles. The van der Waals surface area contributed by atoms with Gasteiger partial charge in [0.25, 0.3) is 0 Å². The van der Waals surface area contributed by atoms with Crippen LogP contribution in [-0.2, 0) is 14.3 Å². The summed E-state index contributed by atoms with van der Waals surface area (Å²) in [4.78, 5) is 12.5. The number of hydrogen-bond donors (Lipinski definition) is 0. The number of ether oxygens (including phenoxy) is 2. The van der Waals surface area contributed by atoms with Gasteiger partial charge in [0.15, 0.2) is 6.29 Å². The van der Waals surface area contributed by atoms with Gasteiger partial charge in [0.1, 0.15) is 0 Å². The van der Waals surface area contributed by atoms with Gasteiger partial charge in [-0.1, -0.05) is 6.07 Å². The Labute approximate surface area is 134 Å². The summed E-state index contributed by atoms with van der Waals surface area (Å²) in [5.41, 5.74) is 1.71. The third-order valence-electron chi connectivity index (χ3n) is 3.04. The van der Waals surface area contributed by atoms with E-state index in [1.54, 1.807) is 27.7 Å². The lowest BCUT2D eigenvalue weighted by molar-refractivity contribution is -0.173. The van der Waals surface area contributed by atoms with E-state index in [0.717, 1.165) is 11.1 Å². The number of carbonyl (C=O) groups excluding carboxylic acids is 1. The molecule has 0 unspecified atom stereocenters. The standard InChI is InChI=1S/C16H22F3NO3/c1-5-22-14(23-6-2)10-20(15(21)16(17,18)19)13-8-11(3)7-12(4)9-13/h7-9,14H,5-6,10H2,1-4H3. The molecule has 0 saturated heterocycles. The number of hydrogen-bond acceptors (Lipinski definition) is 3. The van der Waals surface area contributed by atoms with Crippen LogP contribution >= 0.6 is 0 Å². The number of nitrogens with zero attached hydrogens (tertiary/aromatic N) is 1. The molecule has 130 valence electrons. The van der Waals surface area contributed by atoms with Crippen molar-refractivity contribution in [1.82, 2.24) is 0 Å². The zero-order chi connectivity index (χ0) is 17.6.